The molecule has 1 aromatic heterocycles. The van der Waals surface area contributed by atoms with E-state index in [0.29, 0.717) is 0 Å². The number of hydrogen-bond acceptors (Lipinski definition) is 4. The summed E-state index contributed by atoms with van der Waals surface area (Å²) in [5.41, 5.74) is 0. The molecule has 3 N–H and O–H groups in total. The number of nitrogens with two attached hydrogens (primary N) is 1. The van der Waals surface area contributed by atoms with Crippen LogP contribution in [0.2, 0.25) is 5.02 Å². The van der Waals surface area contributed by atoms with Crippen LogP contribution >= 0.6 is 11.6 Å². The zero-order valence-corrected chi connectivity index (χ0v) is 7.72. The van der Waals surface area contributed by atoms with Crippen LogP contribution in [-0.2, 0) is 17.1 Å². The van der Waals surface area contributed by atoms with Gasteiger partial charge in [-0.3, -0.25) is 10.5 Å². The first-order chi connectivity index (χ1) is 5.49. The van der Waals surface area contributed by atoms with Crippen LogP contribution in [0.25, 0.3) is 0 Å². The van der Waals surface area contributed by atoms with Gasteiger partial charge in [0.05, 0.1) is 11.2 Å². The Kier molecular flexibility index (Phi) is 2.38. The minimum absolute atomic E-state index is 0.0375. The minimum Gasteiger partial charge on any atom is -0.257 e. The SMILES string of the molecule is Cn1ncc(Cl)c1S(=O)(=O)NN. The summed E-state index contributed by atoms with van der Waals surface area (Å²) >= 11 is 5.55. The third-order valence-electron chi connectivity index (χ3n) is 1.25. The van der Waals surface area contributed by atoms with E-state index >= 15 is 0 Å². The van der Waals surface area contributed by atoms with E-state index < -0.39 is 10.0 Å². The lowest BCUT2D eigenvalue weighted by Crippen LogP contribution is -2.31. The topological polar surface area (TPSA) is 90.0 Å². The molecule has 6 nitrogen and oxygen atoms in total. The van der Waals surface area contributed by atoms with Crippen LogP contribution in [0.4, 0.5) is 0 Å². The number of aryl methyl sites for hydroxylation is 1. The van der Waals surface area contributed by atoms with Gasteiger partial charge in [0.15, 0.2) is 5.03 Å². The lowest BCUT2D eigenvalue weighted by atomic mass is 10.7. The van der Waals surface area contributed by atoms with E-state index in [9.17, 15) is 8.42 Å². The van der Waals surface area contributed by atoms with Crippen LogP contribution in [-0.4, -0.2) is 18.2 Å². The maximum atomic E-state index is 11.1. The summed E-state index contributed by atoms with van der Waals surface area (Å²) in [4.78, 5) is 1.65. The van der Waals surface area contributed by atoms with E-state index in [1.54, 1.807) is 4.83 Å². The Morgan fingerprint density at radius 1 is 1.75 bits per heavy atom. The highest BCUT2D eigenvalue weighted by Gasteiger charge is 2.20. The Labute approximate surface area is 74.3 Å². The van der Waals surface area contributed by atoms with Crippen LogP contribution in [0.5, 0.6) is 0 Å². The second-order valence-electron chi connectivity index (χ2n) is 2.04. The van der Waals surface area contributed by atoms with Crippen LogP contribution in [0.1, 0.15) is 0 Å². The molecule has 0 spiro atoms. The van der Waals surface area contributed by atoms with E-state index in [1.165, 1.54) is 13.2 Å². The summed E-state index contributed by atoms with van der Waals surface area (Å²) in [6.07, 6.45) is 1.23. The van der Waals surface area contributed by atoms with Gasteiger partial charge in [-0.15, -0.1) is 4.83 Å². The van der Waals surface area contributed by atoms with E-state index in [1.807, 2.05) is 0 Å². The number of hydrazine groups is 1. The molecular weight excluding hydrogens is 204 g/mol. The normalized spacial score (nSPS) is 11.9. The molecule has 68 valence electrons. The fourth-order valence-electron chi connectivity index (χ4n) is 0.758. The quantitative estimate of drug-likeness (QED) is 0.495. The van der Waals surface area contributed by atoms with Gasteiger partial charge in [0, 0.05) is 7.05 Å². The van der Waals surface area contributed by atoms with Crippen molar-refractivity contribution in [3.8, 4) is 0 Å². The maximum Gasteiger partial charge on any atom is 0.271 e. The molecule has 0 saturated heterocycles. The minimum atomic E-state index is -3.72. The first-order valence-electron chi connectivity index (χ1n) is 2.89. The van der Waals surface area contributed by atoms with Gasteiger partial charge >= 0.3 is 0 Å². The average Bonchev–Trinajstić information content (AvgIpc) is 2.31. The Morgan fingerprint density at radius 3 is 2.67 bits per heavy atom. The predicted molar refractivity (Wildman–Crippen MR) is 42.7 cm³/mol. The third-order valence-corrected chi connectivity index (χ3v) is 2.94. The van der Waals surface area contributed by atoms with Crippen molar-refractivity contribution in [2.45, 2.75) is 5.03 Å². The van der Waals surface area contributed by atoms with Gasteiger partial charge in [0.1, 0.15) is 0 Å². The predicted octanol–water partition coefficient (Wildman–Crippen LogP) is -0.774. The van der Waals surface area contributed by atoms with Gasteiger partial charge in [-0.25, -0.2) is 8.42 Å². The number of sulfonamides is 1. The number of aromatic nitrogens is 2. The third kappa shape index (κ3) is 1.44. The molecule has 0 aliphatic rings. The van der Waals surface area contributed by atoms with E-state index in [0.717, 1.165) is 4.68 Å². The zero-order valence-electron chi connectivity index (χ0n) is 6.15. The summed E-state index contributed by atoms with van der Waals surface area (Å²) in [5.74, 6) is 4.80. The number of nitrogens with zero attached hydrogens (tertiary/aromatic N) is 2. The second kappa shape index (κ2) is 3.02. The number of nitrogens with one attached hydrogen (secondary N) is 1. The molecular formula is C4H7ClN4O2S. The van der Waals surface area contributed by atoms with Gasteiger partial charge in [-0.1, -0.05) is 11.6 Å². The molecule has 1 heterocycles. The molecule has 8 heteroatoms. The Hall–Kier alpha value is -0.630. The second-order valence-corrected chi connectivity index (χ2v) is 4.08. The van der Waals surface area contributed by atoms with Crippen molar-refractivity contribution in [2.24, 2.45) is 12.9 Å². The first kappa shape index (κ1) is 9.46. The number of halogens is 1. The Bertz CT molecular complexity index is 364. The summed E-state index contributed by atoms with van der Waals surface area (Å²) in [5, 5.41) is 3.53. The van der Waals surface area contributed by atoms with E-state index in [-0.39, 0.29) is 10.0 Å². The van der Waals surface area contributed by atoms with Crippen molar-refractivity contribution in [1.82, 2.24) is 14.6 Å². The molecule has 1 rings (SSSR count). The van der Waals surface area contributed by atoms with Crippen molar-refractivity contribution < 1.29 is 8.42 Å². The fraction of sp³-hybridized carbons (Fsp3) is 0.250. The average molecular weight is 211 g/mol. The smallest absolute Gasteiger partial charge is 0.257 e. The summed E-state index contributed by atoms with van der Waals surface area (Å²) in [6.45, 7) is 0. The molecule has 0 bridgehead atoms. The summed E-state index contributed by atoms with van der Waals surface area (Å²) < 4.78 is 23.4. The molecule has 0 radical (unpaired) electrons. The van der Waals surface area contributed by atoms with Crippen molar-refractivity contribution in [3.63, 3.8) is 0 Å². The molecule has 0 unspecified atom stereocenters. The molecule has 0 amide bonds. The standard InChI is InChI=1S/C4H7ClN4O2S/c1-9-4(3(5)2-7-9)12(10,11)8-6/h2,8H,6H2,1H3. The molecule has 0 aromatic carbocycles. The van der Waals surface area contributed by atoms with Crippen LogP contribution in [0.15, 0.2) is 11.2 Å². The number of rotatable bonds is 2. The first-order valence-corrected chi connectivity index (χ1v) is 4.75. The molecule has 0 fully saturated rings. The van der Waals surface area contributed by atoms with Crippen LogP contribution in [0, 0.1) is 0 Å². The van der Waals surface area contributed by atoms with Gasteiger partial charge < -0.3 is 0 Å². The van der Waals surface area contributed by atoms with Gasteiger partial charge in [-0.05, 0) is 0 Å². The maximum absolute atomic E-state index is 11.1. The Balaban J connectivity index is 3.37. The van der Waals surface area contributed by atoms with Crippen LogP contribution in [0.3, 0.4) is 0 Å². The van der Waals surface area contributed by atoms with Gasteiger partial charge in [0.2, 0.25) is 0 Å². The zero-order chi connectivity index (χ0) is 9.35. The molecule has 1 aromatic rings. The highest BCUT2D eigenvalue weighted by atomic mass is 35.5. The van der Waals surface area contributed by atoms with Crippen molar-refractivity contribution in [2.75, 3.05) is 0 Å². The van der Waals surface area contributed by atoms with Crippen molar-refractivity contribution in [1.29, 1.82) is 0 Å². The summed E-state index contributed by atoms with van der Waals surface area (Å²) in [6, 6.07) is 0. The molecule has 0 atom stereocenters. The van der Waals surface area contributed by atoms with Gasteiger partial charge in [0.25, 0.3) is 10.0 Å². The number of hydrogen-bond donors (Lipinski definition) is 2. The van der Waals surface area contributed by atoms with Crippen molar-refractivity contribution in [3.05, 3.63) is 11.2 Å². The fourth-order valence-corrected chi connectivity index (χ4v) is 2.04. The molecule has 0 aliphatic carbocycles. The molecule has 0 aliphatic heterocycles. The Morgan fingerprint density at radius 2 is 2.33 bits per heavy atom. The highest BCUT2D eigenvalue weighted by Crippen LogP contribution is 2.18. The van der Waals surface area contributed by atoms with Crippen molar-refractivity contribution >= 4 is 21.6 Å². The monoisotopic (exact) mass is 210 g/mol. The molecule has 0 saturated carbocycles. The van der Waals surface area contributed by atoms with E-state index in [2.05, 4.69) is 5.10 Å². The summed E-state index contributed by atoms with van der Waals surface area (Å²) in [7, 11) is -2.27. The van der Waals surface area contributed by atoms with E-state index in [4.69, 9.17) is 17.4 Å². The largest absolute Gasteiger partial charge is 0.271 e. The molecule has 12 heavy (non-hydrogen) atoms. The lowest BCUT2D eigenvalue weighted by Gasteiger charge is -2.01. The van der Waals surface area contributed by atoms with Crippen LogP contribution < -0.4 is 10.7 Å². The van der Waals surface area contributed by atoms with Gasteiger partial charge in [-0.2, -0.15) is 5.10 Å². The highest BCUT2D eigenvalue weighted by molar-refractivity contribution is 7.89. The lowest BCUT2D eigenvalue weighted by molar-refractivity contribution is 0.565.